The summed E-state index contributed by atoms with van der Waals surface area (Å²) in [5, 5.41) is 8.23. The third-order valence-electron chi connectivity index (χ3n) is 5.13. The van der Waals surface area contributed by atoms with Crippen molar-refractivity contribution < 1.29 is 14.3 Å². The molecule has 3 heterocycles. The number of rotatable bonds is 7. The Labute approximate surface area is 177 Å². The highest BCUT2D eigenvalue weighted by Gasteiger charge is 2.29. The maximum Gasteiger partial charge on any atom is 0.265 e. The molecule has 0 spiro atoms. The fraction of sp³-hybridized carbons (Fsp3) is 0.400. The first-order chi connectivity index (χ1) is 14.5. The van der Waals surface area contributed by atoms with Gasteiger partial charge in [-0.3, -0.25) is 14.2 Å². The third-order valence-corrected chi connectivity index (χ3v) is 6.22. The van der Waals surface area contributed by atoms with Crippen molar-refractivity contribution in [1.29, 1.82) is 0 Å². The van der Waals surface area contributed by atoms with Crippen molar-refractivity contribution in [2.45, 2.75) is 30.8 Å². The van der Waals surface area contributed by atoms with Crippen LogP contribution in [-0.4, -0.2) is 58.0 Å². The lowest BCUT2D eigenvalue weighted by atomic mass is 10.2. The molecule has 0 bridgehead atoms. The Hall–Kier alpha value is -2.69. The average molecular weight is 430 g/mol. The minimum absolute atomic E-state index is 0.171. The van der Waals surface area contributed by atoms with Gasteiger partial charge in [0.15, 0.2) is 17.1 Å². The lowest BCUT2D eigenvalue weighted by Gasteiger charge is -2.16. The largest absolute Gasteiger partial charge is 0.354 e. The van der Waals surface area contributed by atoms with E-state index in [0.29, 0.717) is 21.9 Å². The number of aryl methyl sites for hydroxylation is 1. The number of hydrogen-bond donors (Lipinski definition) is 1. The molecule has 0 saturated carbocycles. The van der Waals surface area contributed by atoms with Gasteiger partial charge in [0.2, 0.25) is 5.91 Å². The van der Waals surface area contributed by atoms with E-state index in [2.05, 4.69) is 10.4 Å². The van der Waals surface area contributed by atoms with Gasteiger partial charge in [-0.25, -0.2) is 9.67 Å². The SMILES string of the molecule is COC(CNC(=O)CC1CSc2nc3c(cnn3-c3ccccc3C)c(=O)n21)OC. The first-order valence-electron chi connectivity index (χ1n) is 9.54. The van der Waals surface area contributed by atoms with Gasteiger partial charge >= 0.3 is 0 Å². The number of carbonyl (C=O) groups is 1. The molecule has 0 radical (unpaired) electrons. The van der Waals surface area contributed by atoms with Crippen molar-refractivity contribution in [3.05, 3.63) is 46.4 Å². The van der Waals surface area contributed by atoms with E-state index in [9.17, 15) is 9.59 Å². The molecule has 1 aliphatic heterocycles. The van der Waals surface area contributed by atoms with Gasteiger partial charge in [-0.1, -0.05) is 30.0 Å². The van der Waals surface area contributed by atoms with Crippen LogP contribution in [0.25, 0.3) is 16.7 Å². The molecule has 10 heteroatoms. The van der Waals surface area contributed by atoms with Crippen LogP contribution < -0.4 is 10.9 Å². The minimum Gasteiger partial charge on any atom is -0.354 e. The molecule has 4 rings (SSSR count). The van der Waals surface area contributed by atoms with Gasteiger partial charge < -0.3 is 14.8 Å². The molecule has 1 unspecified atom stereocenters. The van der Waals surface area contributed by atoms with Crippen molar-refractivity contribution >= 4 is 28.7 Å². The Morgan fingerprint density at radius 1 is 1.33 bits per heavy atom. The molecule has 1 aromatic carbocycles. The van der Waals surface area contributed by atoms with Crippen molar-refractivity contribution in [2.75, 3.05) is 26.5 Å². The third kappa shape index (κ3) is 3.73. The monoisotopic (exact) mass is 429 g/mol. The van der Waals surface area contributed by atoms with Crippen LogP contribution in [0.1, 0.15) is 18.0 Å². The van der Waals surface area contributed by atoms with Crippen molar-refractivity contribution in [3.8, 4) is 5.69 Å². The Balaban J connectivity index is 1.61. The lowest BCUT2D eigenvalue weighted by molar-refractivity contribution is -0.128. The molecule has 158 valence electrons. The zero-order valence-corrected chi connectivity index (χ0v) is 17.8. The zero-order valence-electron chi connectivity index (χ0n) is 17.0. The molecule has 9 nitrogen and oxygen atoms in total. The molecule has 1 N–H and O–H groups in total. The number of ether oxygens (including phenoxy) is 2. The van der Waals surface area contributed by atoms with Gasteiger partial charge in [-0.15, -0.1) is 0 Å². The lowest BCUT2D eigenvalue weighted by Crippen LogP contribution is -2.36. The topological polar surface area (TPSA) is 100 Å². The van der Waals surface area contributed by atoms with E-state index in [1.807, 2.05) is 31.2 Å². The second kappa shape index (κ2) is 8.58. The summed E-state index contributed by atoms with van der Waals surface area (Å²) in [6.07, 6.45) is 1.22. The zero-order chi connectivity index (χ0) is 21.3. The van der Waals surface area contributed by atoms with E-state index >= 15 is 0 Å². The highest BCUT2D eigenvalue weighted by Crippen LogP contribution is 2.33. The van der Waals surface area contributed by atoms with Gasteiger partial charge in [0, 0.05) is 26.4 Å². The molecule has 30 heavy (non-hydrogen) atoms. The molecule has 3 aromatic rings. The maximum atomic E-state index is 13.2. The fourth-order valence-electron chi connectivity index (χ4n) is 3.50. The van der Waals surface area contributed by atoms with Crippen LogP contribution >= 0.6 is 11.8 Å². The van der Waals surface area contributed by atoms with E-state index in [1.165, 1.54) is 26.0 Å². The molecule has 2 aromatic heterocycles. The summed E-state index contributed by atoms with van der Waals surface area (Å²) in [5.41, 5.74) is 2.28. The van der Waals surface area contributed by atoms with Crippen molar-refractivity contribution in [2.24, 2.45) is 0 Å². The maximum absolute atomic E-state index is 13.2. The molecular weight excluding hydrogens is 406 g/mol. The van der Waals surface area contributed by atoms with E-state index in [4.69, 9.17) is 14.5 Å². The van der Waals surface area contributed by atoms with Gasteiger partial charge in [-0.2, -0.15) is 5.10 Å². The second-order valence-corrected chi connectivity index (χ2v) is 8.01. The predicted molar refractivity (Wildman–Crippen MR) is 113 cm³/mol. The highest BCUT2D eigenvalue weighted by molar-refractivity contribution is 7.99. The number of nitrogens with zero attached hydrogens (tertiary/aromatic N) is 4. The quantitative estimate of drug-likeness (QED) is 0.450. The Morgan fingerprint density at radius 3 is 2.83 bits per heavy atom. The van der Waals surface area contributed by atoms with Crippen LogP contribution in [-0.2, 0) is 14.3 Å². The second-order valence-electron chi connectivity index (χ2n) is 7.02. The Bertz CT molecular complexity index is 1140. The molecule has 1 amide bonds. The number of benzene rings is 1. The normalized spacial score (nSPS) is 15.7. The smallest absolute Gasteiger partial charge is 0.265 e. The van der Waals surface area contributed by atoms with E-state index in [-0.39, 0.29) is 30.5 Å². The van der Waals surface area contributed by atoms with Crippen LogP contribution in [0.4, 0.5) is 0 Å². The summed E-state index contributed by atoms with van der Waals surface area (Å²) in [4.78, 5) is 30.3. The van der Waals surface area contributed by atoms with Gasteiger partial charge in [0.25, 0.3) is 5.56 Å². The molecule has 0 fully saturated rings. The van der Waals surface area contributed by atoms with Crippen LogP contribution in [0.2, 0.25) is 0 Å². The van der Waals surface area contributed by atoms with Crippen LogP contribution in [0.5, 0.6) is 0 Å². The molecule has 0 aliphatic carbocycles. The van der Waals surface area contributed by atoms with Gasteiger partial charge in [0.1, 0.15) is 5.39 Å². The van der Waals surface area contributed by atoms with E-state index in [1.54, 1.807) is 15.4 Å². The summed E-state index contributed by atoms with van der Waals surface area (Å²) in [6.45, 7) is 2.23. The predicted octanol–water partition coefficient (Wildman–Crippen LogP) is 1.66. The van der Waals surface area contributed by atoms with E-state index in [0.717, 1.165) is 11.3 Å². The number of nitrogens with one attached hydrogen (secondary N) is 1. The Kier molecular flexibility index (Phi) is 5.89. The van der Waals surface area contributed by atoms with Gasteiger partial charge in [0.05, 0.1) is 24.5 Å². The highest BCUT2D eigenvalue weighted by atomic mass is 32.2. The summed E-state index contributed by atoms with van der Waals surface area (Å²) in [7, 11) is 3.02. The van der Waals surface area contributed by atoms with Gasteiger partial charge in [-0.05, 0) is 18.6 Å². The van der Waals surface area contributed by atoms with E-state index < -0.39 is 6.29 Å². The number of thioether (sulfide) groups is 1. The first kappa shape index (κ1) is 20.6. The molecular formula is C20H23N5O4S. The minimum atomic E-state index is -0.504. The molecule has 0 saturated heterocycles. The van der Waals surface area contributed by atoms with Crippen molar-refractivity contribution in [1.82, 2.24) is 24.6 Å². The number of hydrogen-bond acceptors (Lipinski definition) is 7. The molecule has 1 atom stereocenters. The number of para-hydroxylation sites is 1. The molecule has 1 aliphatic rings. The number of aromatic nitrogens is 4. The number of methoxy groups -OCH3 is 2. The van der Waals surface area contributed by atoms with Crippen LogP contribution in [0.15, 0.2) is 40.4 Å². The van der Waals surface area contributed by atoms with Crippen molar-refractivity contribution in [3.63, 3.8) is 0 Å². The van der Waals surface area contributed by atoms with Crippen LogP contribution in [0.3, 0.4) is 0 Å². The summed E-state index contributed by atoms with van der Waals surface area (Å²) >= 11 is 1.47. The summed E-state index contributed by atoms with van der Waals surface area (Å²) in [5.74, 6) is 0.438. The number of carbonyl (C=O) groups excluding carboxylic acids is 1. The average Bonchev–Trinajstić information content (AvgIpc) is 3.34. The number of fused-ring (bicyclic) bond motifs is 2. The fourth-order valence-corrected chi connectivity index (χ4v) is 4.63. The Morgan fingerprint density at radius 2 is 2.10 bits per heavy atom. The first-order valence-corrected chi connectivity index (χ1v) is 10.5. The summed E-state index contributed by atoms with van der Waals surface area (Å²) < 4.78 is 13.5. The standard InChI is InChI=1S/C20H23N5O4S/c1-12-6-4-5-7-15(12)25-18-14(9-22-25)19(27)24-13(11-30-20(24)23-18)8-16(26)21-10-17(28-2)29-3/h4-7,9,13,17H,8,10-11H2,1-3H3,(H,21,26). The van der Waals surface area contributed by atoms with Crippen LogP contribution in [0, 0.1) is 6.92 Å². The summed E-state index contributed by atoms with van der Waals surface area (Å²) in [6, 6.07) is 7.56. The number of amides is 1.